The van der Waals surface area contributed by atoms with E-state index in [0.29, 0.717) is 24.7 Å². The van der Waals surface area contributed by atoms with Crippen LogP contribution in [0.15, 0.2) is 54.6 Å². The number of nitrogens with one attached hydrogen (secondary N) is 1. The van der Waals surface area contributed by atoms with Crippen molar-refractivity contribution in [3.8, 4) is 5.75 Å². The van der Waals surface area contributed by atoms with Crippen molar-refractivity contribution in [2.45, 2.75) is 26.9 Å². The Morgan fingerprint density at radius 1 is 0.917 bits per heavy atom. The van der Waals surface area contributed by atoms with Gasteiger partial charge in [0.2, 0.25) is 5.62 Å². The van der Waals surface area contributed by atoms with Crippen LogP contribution in [0.4, 0.5) is 0 Å². The zero-order valence-corrected chi connectivity index (χ0v) is 15.8. The molecule has 0 unspecified atom stereocenters. The zero-order valence-electron chi connectivity index (χ0n) is 14.1. The molecule has 4 nitrogen and oxygen atoms in total. The summed E-state index contributed by atoms with van der Waals surface area (Å²) in [5.41, 5.74) is 2.75. The van der Waals surface area contributed by atoms with E-state index in [1.54, 1.807) is 0 Å². The van der Waals surface area contributed by atoms with Crippen LogP contribution in [0.25, 0.3) is 11.0 Å². The molecule has 3 rings (SSSR count). The van der Waals surface area contributed by atoms with Gasteiger partial charge in [-0.2, -0.15) is 0 Å². The summed E-state index contributed by atoms with van der Waals surface area (Å²) in [4.78, 5) is 0. The maximum absolute atomic E-state index is 8.52. The van der Waals surface area contributed by atoms with Gasteiger partial charge in [0.25, 0.3) is 0 Å². The van der Waals surface area contributed by atoms with E-state index in [0.717, 1.165) is 23.3 Å². The Morgan fingerprint density at radius 3 is 2.12 bits per heavy atom. The Labute approximate surface area is 153 Å². The molecule has 0 saturated carbocycles. The third kappa shape index (κ3) is 3.90. The molecule has 0 fully saturated rings. The van der Waals surface area contributed by atoms with Gasteiger partial charge in [-0.05, 0) is 30.2 Å². The number of nitrogens with zero attached hydrogens (tertiary/aromatic N) is 2. The molecule has 1 N–H and O–H groups in total. The monoisotopic (exact) mass is 389 g/mol. The van der Waals surface area contributed by atoms with Gasteiger partial charge < -0.3 is 13.9 Å². The minimum absolute atomic E-state index is 0. The van der Waals surface area contributed by atoms with Gasteiger partial charge in [0.15, 0.2) is 0 Å². The number of halogens is 1. The van der Waals surface area contributed by atoms with Crippen LogP contribution in [0.2, 0.25) is 0 Å². The van der Waals surface area contributed by atoms with Gasteiger partial charge >= 0.3 is 0 Å². The number of hydrogen-bond donors (Lipinski definition) is 1. The van der Waals surface area contributed by atoms with Crippen LogP contribution >= 0.6 is 17.0 Å². The summed E-state index contributed by atoms with van der Waals surface area (Å²) in [7, 11) is 0. The van der Waals surface area contributed by atoms with Crippen molar-refractivity contribution in [2.24, 2.45) is 5.92 Å². The lowest BCUT2D eigenvalue weighted by atomic mass is 10.2. The highest BCUT2D eigenvalue weighted by molar-refractivity contribution is 8.93. The van der Waals surface area contributed by atoms with E-state index in [2.05, 4.69) is 30.5 Å². The highest BCUT2D eigenvalue weighted by Gasteiger charge is 2.11. The third-order valence-electron chi connectivity index (χ3n) is 3.85. The van der Waals surface area contributed by atoms with E-state index >= 15 is 0 Å². The maximum atomic E-state index is 8.52. The van der Waals surface area contributed by atoms with Gasteiger partial charge in [-0.1, -0.05) is 44.2 Å². The standard InChI is InChI=1S/C19H23N3O.BrH/c1-15(2)14-22-18-11-7-6-10-17(18)21(19(22)20)12-13-23-16-8-4-3-5-9-16;/h3-11,15,20H,12-14H2,1-2H3;1H. The summed E-state index contributed by atoms with van der Waals surface area (Å²) in [5, 5.41) is 8.52. The van der Waals surface area contributed by atoms with Gasteiger partial charge in [0, 0.05) is 6.54 Å². The first-order valence-electron chi connectivity index (χ1n) is 8.07. The Morgan fingerprint density at radius 2 is 1.50 bits per heavy atom. The summed E-state index contributed by atoms with van der Waals surface area (Å²) in [6.07, 6.45) is 0. The lowest BCUT2D eigenvalue weighted by Crippen LogP contribution is -2.27. The molecule has 128 valence electrons. The molecule has 24 heavy (non-hydrogen) atoms. The van der Waals surface area contributed by atoms with Gasteiger partial charge in [0.05, 0.1) is 17.6 Å². The second kappa shape index (κ2) is 8.20. The summed E-state index contributed by atoms with van der Waals surface area (Å²) in [5.74, 6) is 1.37. The Kier molecular flexibility index (Phi) is 6.26. The van der Waals surface area contributed by atoms with Crippen LogP contribution < -0.4 is 10.4 Å². The van der Waals surface area contributed by atoms with Gasteiger partial charge in [-0.25, -0.2) is 0 Å². The largest absolute Gasteiger partial charge is 0.492 e. The SMILES string of the molecule is Br.CC(C)Cn1c(=N)n(CCOc2ccccc2)c2ccccc21. The number of fused-ring (bicyclic) bond motifs is 1. The van der Waals surface area contributed by atoms with Gasteiger partial charge in [0.1, 0.15) is 12.4 Å². The highest BCUT2D eigenvalue weighted by Crippen LogP contribution is 2.15. The molecule has 0 radical (unpaired) electrons. The zero-order chi connectivity index (χ0) is 16.2. The molecule has 2 aromatic carbocycles. The molecule has 0 saturated heterocycles. The summed E-state index contributed by atoms with van der Waals surface area (Å²) in [6, 6.07) is 18.0. The van der Waals surface area contributed by atoms with E-state index in [9.17, 15) is 0 Å². The van der Waals surface area contributed by atoms with Crippen LogP contribution in [0.5, 0.6) is 5.75 Å². The Balaban J connectivity index is 0.00000208. The normalized spacial score (nSPS) is 10.8. The first-order valence-corrected chi connectivity index (χ1v) is 8.07. The highest BCUT2D eigenvalue weighted by atomic mass is 79.9. The average Bonchev–Trinajstić information content (AvgIpc) is 2.81. The summed E-state index contributed by atoms with van der Waals surface area (Å²) in [6.45, 7) is 6.43. The summed E-state index contributed by atoms with van der Waals surface area (Å²) >= 11 is 0. The molecule has 0 aliphatic rings. The molecular formula is C19H24BrN3O. The van der Waals surface area contributed by atoms with Crippen LogP contribution in [0.3, 0.4) is 0 Å². The lowest BCUT2D eigenvalue weighted by Gasteiger charge is -2.08. The molecule has 0 bridgehead atoms. The maximum Gasteiger partial charge on any atom is 0.203 e. The topological polar surface area (TPSA) is 42.9 Å². The molecule has 0 spiro atoms. The van der Waals surface area contributed by atoms with Crippen molar-refractivity contribution in [2.75, 3.05) is 6.61 Å². The van der Waals surface area contributed by atoms with E-state index < -0.39 is 0 Å². The van der Waals surface area contributed by atoms with Crippen molar-refractivity contribution in [3.63, 3.8) is 0 Å². The molecule has 0 aliphatic carbocycles. The fourth-order valence-electron chi connectivity index (χ4n) is 2.84. The molecule has 0 aliphatic heterocycles. The number of imidazole rings is 1. The Bertz CT molecular complexity index is 837. The minimum Gasteiger partial charge on any atom is -0.492 e. The van der Waals surface area contributed by atoms with Crippen molar-refractivity contribution in [3.05, 3.63) is 60.2 Å². The molecule has 1 aromatic heterocycles. The van der Waals surface area contributed by atoms with Crippen molar-refractivity contribution < 1.29 is 4.74 Å². The summed E-state index contributed by atoms with van der Waals surface area (Å²) < 4.78 is 9.91. The molecule has 3 aromatic rings. The molecule has 0 atom stereocenters. The van der Waals surface area contributed by atoms with E-state index in [4.69, 9.17) is 10.1 Å². The van der Waals surface area contributed by atoms with E-state index in [1.165, 1.54) is 0 Å². The number of aromatic nitrogens is 2. The van der Waals surface area contributed by atoms with Crippen molar-refractivity contribution in [1.82, 2.24) is 9.13 Å². The van der Waals surface area contributed by atoms with Crippen LogP contribution in [0, 0.1) is 11.3 Å². The smallest absolute Gasteiger partial charge is 0.203 e. The van der Waals surface area contributed by atoms with Gasteiger partial charge in [-0.15, -0.1) is 17.0 Å². The fourth-order valence-corrected chi connectivity index (χ4v) is 2.84. The van der Waals surface area contributed by atoms with Gasteiger partial charge in [-0.3, -0.25) is 5.41 Å². The fraction of sp³-hybridized carbons (Fsp3) is 0.316. The number of rotatable bonds is 6. The number of para-hydroxylation sites is 3. The van der Waals surface area contributed by atoms with E-state index in [-0.39, 0.29) is 17.0 Å². The predicted octanol–water partition coefficient (Wildman–Crippen LogP) is 4.24. The lowest BCUT2D eigenvalue weighted by molar-refractivity contribution is 0.296. The quantitative estimate of drug-likeness (QED) is 0.673. The number of ether oxygens (including phenoxy) is 1. The predicted molar refractivity (Wildman–Crippen MR) is 103 cm³/mol. The third-order valence-corrected chi connectivity index (χ3v) is 3.85. The molecule has 1 heterocycles. The Hall–Kier alpha value is -2.01. The molecular weight excluding hydrogens is 366 g/mol. The first-order chi connectivity index (χ1) is 11.2. The number of benzene rings is 2. The molecule has 0 amide bonds. The second-order valence-corrected chi connectivity index (χ2v) is 6.13. The molecule has 5 heteroatoms. The second-order valence-electron chi connectivity index (χ2n) is 6.13. The van der Waals surface area contributed by atoms with Crippen molar-refractivity contribution in [1.29, 1.82) is 5.41 Å². The van der Waals surface area contributed by atoms with Crippen LogP contribution in [-0.4, -0.2) is 15.7 Å². The van der Waals surface area contributed by atoms with E-state index in [1.807, 2.05) is 47.0 Å². The van der Waals surface area contributed by atoms with Crippen LogP contribution in [-0.2, 0) is 13.1 Å². The average molecular weight is 390 g/mol. The first kappa shape index (κ1) is 18.3. The van der Waals surface area contributed by atoms with Crippen molar-refractivity contribution >= 4 is 28.0 Å². The number of hydrogen-bond acceptors (Lipinski definition) is 2. The van der Waals surface area contributed by atoms with Crippen LogP contribution in [0.1, 0.15) is 13.8 Å². The minimum atomic E-state index is 0.